The standard InChI is InChI=1S/C17H24O2/c1-3-13(2)14-7-9-16(10-8-14)19-12-11-15-5-4-6-17(15)18/h7-10,13,15H,3-6,11-12H2,1-2H3. The summed E-state index contributed by atoms with van der Waals surface area (Å²) in [6.07, 6.45) is 4.91. The van der Waals surface area contributed by atoms with Crippen LogP contribution in [-0.4, -0.2) is 12.4 Å². The Morgan fingerprint density at radius 1 is 1.32 bits per heavy atom. The summed E-state index contributed by atoms with van der Waals surface area (Å²) in [6.45, 7) is 5.09. The molecule has 104 valence electrons. The lowest BCUT2D eigenvalue weighted by molar-refractivity contribution is -0.121. The highest BCUT2D eigenvalue weighted by Gasteiger charge is 2.23. The fourth-order valence-electron chi connectivity index (χ4n) is 2.64. The van der Waals surface area contributed by atoms with E-state index in [9.17, 15) is 4.79 Å². The van der Waals surface area contributed by atoms with Gasteiger partial charge in [0.15, 0.2) is 0 Å². The number of carbonyl (C=O) groups is 1. The third-order valence-corrected chi connectivity index (χ3v) is 4.23. The Hall–Kier alpha value is -1.31. The van der Waals surface area contributed by atoms with Crippen molar-refractivity contribution < 1.29 is 9.53 Å². The largest absolute Gasteiger partial charge is 0.494 e. The van der Waals surface area contributed by atoms with Gasteiger partial charge in [0.05, 0.1) is 6.61 Å². The SMILES string of the molecule is CCC(C)c1ccc(OCCC2CCCC2=O)cc1. The summed E-state index contributed by atoms with van der Waals surface area (Å²) in [6, 6.07) is 8.37. The van der Waals surface area contributed by atoms with Gasteiger partial charge in [0.2, 0.25) is 0 Å². The molecule has 1 aromatic carbocycles. The van der Waals surface area contributed by atoms with E-state index in [-0.39, 0.29) is 5.92 Å². The van der Waals surface area contributed by atoms with Gasteiger partial charge >= 0.3 is 0 Å². The summed E-state index contributed by atoms with van der Waals surface area (Å²) in [7, 11) is 0. The second kappa shape index (κ2) is 6.74. The zero-order valence-electron chi connectivity index (χ0n) is 12.0. The Balaban J connectivity index is 1.78. The molecule has 0 bridgehead atoms. The van der Waals surface area contributed by atoms with Gasteiger partial charge in [-0.3, -0.25) is 4.79 Å². The predicted molar refractivity (Wildman–Crippen MR) is 77.6 cm³/mol. The van der Waals surface area contributed by atoms with Crippen molar-refractivity contribution in [3.63, 3.8) is 0 Å². The van der Waals surface area contributed by atoms with Gasteiger partial charge in [-0.05, 0) is 49.3 Å². The first-order chi connectivity index (χ1) is 9.20. The summed E-state index contributed by atoms with van der Waals surface area (Å²) in [5.74, 6) is 2.19. The molecule has 0 radical (unpaired) electrons. The number of Topliss-reactive ketones (excluding diaryl/α,β-unsaturated/α-hetero) is 1. The van der Waals surface area contributed by atoms with Crippen molar-refractivity contribution in [2.75, 3.05) is 6.61 Å². The van der Waals surface area contributed by atoms with E-state index in [1.165, 1.54) is 5.56 Å². The van der Waals surface area contributed by atoms with Crippen LogP contribution >= 0.6 is 0 Å². The molecule has 1 aliphatic carbocycles. The van der Waals surface area contributed by atoms with E-state index in [4.69, 9.17) is 4.74 Å². The van der Waals surface area contributed by atoms with Crippen LogP contribution in [0, 0.1) is 5.92 Å². The molecule has 1 aliphatic rings. The average molecular weight is 260 g/mol. The molecular formula is C17H24O2. The highest BCUT2D eigenvalue weighted by atomic mass is 16.5. The van der Waals surface area contributed by atoms with Crippen LogP contribution in [0.3, 0.4) is 0 Å². The lowest BCUT2D eigenvalue weighted by Crippen LogP contribution is -2.11. The van der Waals surface area contributed by atoms with Crippen molar-refractivity contribution in [2.24, 2.45) is 5.92 Å². The number of ketones is 1. The lowest BCUT2D eigenvalue weighted by atomic mass is 9.99. The molecule has 2 rings (SSSR count). The molecule has 0 spiro atoms. The molecule has 2 nitrogen and oxygen atoms in total. The summed E-state index contributed by atoms with van der Waals surface area (Å²) in [4.78, 5) is 11.5. The minimum Gasteiger partial charge on any atom is -0.494 e. The Bertz CT molecular complexity index is 408. The van der Waals surface area contributed by atoms with Gasteiger partial charge < -0.3 is 4.74 Å². The molecular weight excluding hydrogens is 236 g/mol. The summed E-state index contributed by atoms with van der Waals surface area (Å²) in [5.41, 5.74) is 1.36. The first kappa shape index (κ1) is 14.1. The van der Waals surface area contributed by atoms with Crippen molar-refractivity contribution in [1.29, 1.82) is 0 Å². The molecule has 19 heavy (non-hydrogen) atoms. The molecule has 1 aromatic rings. The molecule has 0 aliphatic heterocycles. The Morgan fingerprint density at radius 3 is 2.63 bits per heavy atom. The van der Waals surface area contributed by atoms with Crippen LogP contribution in [0.15, 0.2) is 24.3 Å². The number of benzene rings is 1. The number of hydrogen-bond donors (Lipinski definition) is 0. The molecule has 0 heterocycles. The molecule has 1 saturated carbocycles. The third-order valence-electron chi connectivity index (χ3n) is 4.23. The highest BCUT2D eigenvalue weighted by Crippen LogP contribution is 2.25. The molecule has 0 amide bonds. The minimum atomic E-state index is 0.249. The van der Waals surface area contributed by atoms with Crippen LogP contribution in [0.4, 0.5) is 0 Å². The average Bonchev–Trinajstić information content (AvgIpc) is 2.84. The zero-order chi connectivity index (χ0) is 13.7. The van der Waals surface area contributed by atoms with Crippen molar-refractivity contribution in [2.45, 2.75) is 51.9 Å². The maximum absolute atomic E-state index is 11.5. The monoisotopic (exact) mass is 260 g/mol. The van der Waals surface area contributed by atoms with E-state index in [2.05, 4.69) is 26.0 Å². The zero-order valence-corrected chi connectivity index (χ0v) is 12.0. The number of rotatable bonds is 6. The van der Waals surface area contributed by atoms with E-state index in [1.54, 1.807) is 0 Å². The van der Waals surface area contributed by atoms with E-state index in [0.29, 0.717) is 18.3 Å². The van der Waals surface area contributed by atoms with Crippen LogP contribution in [0.1, 0.15) is 57.4 Å². The van der Waals surface area contributed by atoms with Gasteiger partial charge in [-0.25, -0.2) is 0 Å². The summed E-state index contributed by atoms with van der Waals surface area (Å²) >= 11 is 0. The van der Waals surface area contributed by atoms with Gasteiger partial charge in [0, 0.05) is 12.3 Å². The number of carbonyl (C=O) groups excluding carboxylic acids is 1. The third kappa shape index (κ3) is 3.82. The number of hydrogen-bond acceptors (Lipinski definition) is 2. The van der Waals surface area contributed by atoms with Gasteiger partial charge in [0.25, 0.3) is 0 Å². The molecule has 0 N–H and O–H groups in total. The van der Waals surface area contributed by atoms with Gasteiger partial charge in [-0.15, -0.1) is 0 Å². The molecule has 0 saturated heterocycles. The second-order valence-electron chi connectivity index (χ2n) is 5.57. The van der Waals surface area contributed by atoms with Crippen molar-refractivity contribution in [3.8, 4) is 5.75 Å². The predicted octanol–water partition coefficient (Wildman–Crippen LogP) is 4.34. The van der Waals surface area contributed by atoms with Crippen LogP contribution in [-0.2, 0) is 4.79 Å². The Labute approximate surface area is 116 Å². The maximum atomic E-state index is 11.5. The van der Waals surface area contributed by atoms with Crippen molar-refractivity contribution in [1.82, 2.24) is 0 Å². The fourth-order valence-corrected chi connectivity index (χ4v) is 2.64. The first-order valence-electron chi connectivity index (χ1n) is 7.46. The Morgan fingerprint density at radius 2 is 2.05 bits per heavy atom. The van der Waals surface area contributed by atoms with E-state index < -0.39 is 0 Å². The first-order valence-corrected chi connectivity index (χ1v) is 7.46. The van der Waals surface area contributed by atoms with E-state index in [1.807, 2.05) is 12.1 Å². The molecule has 1 fully saturated rings. The van der Waals surface area contributed by atoms with Crippen molar-refractivity contribution in [3.05, 3.63) is 29.8 Å². The molecule has 2 atom stereocenters. The summed E-state index contributed by atoms with van der Waals surface area (Å²) in [5, 5.41) is 0. The molecule has 2 heteroatoms. The van der Waals surface area contributed by atoms with Crippen molar-refractivity contribution >= 4 is 5.78 Å². The van der Waals surface area contributed by atoms with Crippen LogP contribution in [0.2, 0.25) is 0 Å². The second-order valence-corrected chi connectivity index (χ2v) is 5.57. The smallest absolute Gasteiger partial charge is 0.136 e. The number of ether oxygens (including phenoxy) is 1. The lowest BCUT2D eigenvalue weighted by Gasteiger charge is -2.12. The van der Waals surface area contributed by atoms with Gasteiger partial charge in [-0.1, -0.05) is 26.0 Å². The van der Waals surface area contributed by atoms with E-state index >= 15 is 0 Å². The minimum absolute atomic E-state index is 0.249. The normalized spacial score (nSPS) is 20.5. The highest BCUT2D eigenvalue weighted by molar-refractivity contribution is 5.82. The van der Waals surface area contributed by atoms with E-state index in [0.717, 1.165) is 37.9 Å². The van der Waals surface area contributed by atoms with Crippen LogP contribution in [0.5, 0.6) is 5.75 Å². The molecule has 2 unspecified atom stereocenters. The van der Waals surface area contributed by atoms with Gasteiger partial charge in [0.1, 0.15) is 11.5 Å². The van der Waals surface area contributed by atoms with Crippen LogP contribution in [0.25, 0.3) is 0 Å². The fraction of sp³-hybridized carbons (Fsp3) is 0.588. The molecule has 0 aromatic heterocycles. The quantitative estimate of drug-likeness (QED) is 0.760. The summed E-state index contributed by atoms with van der Waals surface area (Å²) < 4.78 is 5.73. The van der Waals surface area contributed by atoms with Gasteiger partial charge in [-0.2, -0.15) is 0 Å². The Kier molecular flexibility index (Phi) is 5.00. The van der Waals surface area contributed by atoms with Crippen LogP contribution < -0.4 is 4.74 Å². The topological polar surface area (TPSA) is 26.3 Å². The maximum Gasteiger partial charge on any atom is 0.136 e.